The molecule has 0 bridgehead atoms. The largest absolute Gasteiger partial charge is 0.506 e. The minimum atomic E-state index is -0.702. The number of nitrogens with one attached hydrogen (secondary N) is 2. The highest BCUT2D eigenvalue weighted by atomic mass is 35.5. The fraction of sp³-hybridized carbons (Fsp3) is 0.241. The van der Waals surface area contributed by atoms with Gasteiger partial charge < -0.3 is 30.1 Å². The van der Waals surface area contributed by atoms with Crippen LogP contribution < -0.4 is 20.1 Å². The zero-order valence-electron chi connectivity index (χ0n) is 22.3. The lowest BCUT2D eigenvalue weighted by molar-refractivity contribution is 0.223. The minimum absolute atomic E-state index is 0.0780. The van der Waals surface area contributed by atoms with E-state index in [0.29, 0.717) is 18.0 Å². The minimum Gasteiger partial charge on any atom is -0.506 e. The van der Waals surface area contributed by atoms with Crippen molar-refractivity contribution in [2.75, 3.05) is 44.0 Å². The molecule has 0 aliphatic carbocycles. The second-order valence-electron chi connectivity index (χ2n) is 8.74. The van der Waals surface area contributed by atoms with Crippen LogP contribution in [-0.4, -0.2) is 53.3 Å². The fourth-order valence-corrected chi connectivity index (χ4v) is 4.39. The Morgan fingerprint density at radius 2 is 1.73 bits per heavy atom. The van der Waals surface area contributed by atoms with Crippen molar-refractivity contribution in [3.05, 3.63) is 76.7 Å². The lowest BCUT2D eigenvalue weighted by Gasteiger charge is -2.19. The van der Waals surface area contributed by atoms with Gasteiger partial charge in [-0.15, -0.1) is 0 Å². The third-order valence-corrected chi connectivity index (χ3v) is 6.85. The van der Waals surface area contributed by atoms with Gasteiger partial charge in [0.15, 0.2) is 11.6 Å². The van der Waals surface area contributed by atoms with Crippen molar-refractivity contribution in [1.82, 2.24) is 14.9 Å². The Morgan fingerprint density at radius 3 is 2.42 bits per heavy atom. The van der Waals surface area contributed by atoms with Gasteiger partial charge in [-0.2, -0.15) is 4.98 Å². The van der Waals surface area contributed by atoms with Gasteiger partial charge in [-0.05, 0) is 49.0 Å². The summed E-state index contributed by atoms with van der Waals surface area (Å²) in [6.45, 7) is 7.39. The predicted molar refractivity (Wildman–Crippen MR) is 158 cm³/mol. The number of methoxy groups -OCH3 is 1. The summed E-state index contributed by atoms with van der Waals surface area (Å²) < 4.78 is 26.1. The monoisotopic (exact) mass is 585 g/mol. The molecule has 0 saturated heterocycles. The quantitative estimate of drug-likeness (QED) is 0.157. The number of ether oxygens (including phenoxy) is 2. The molecule has 0 aliphatic rings. The molecule has 3 aromatic carbocycles. The van der Waals surface area contributed by atoms with Crippen molar-refractivity contribution in [1.29, 1.82) is 0 Å². The first-order valence-corrected chi connectivity index (χ1v) is 13.4. The lowest BCUT2D eigenvalue weighted by atomic mass is 10.0. The molecule has 0 atom stereocenters. The number of nitrogens with zero attached hydrogens (tertiary/aromatic N) is 3. The van der Waals surface area contributed by atoms with E-state index in [9.17, 15) is 9.50 Å². The third kappa shape index (κ3) is 7.24. The van der Waals surface area contributed by atoms with E-state index in [4.69, 9.17) is 32.7 Å². The molecule has 0 radical (unpaired) electrons. The van der Waals surface area contributed by atoms with E-state index in [1.54, 1.807) is 7.11 Å². The van der Waals surface area contributed by atoms with Gasteiger partial charge in [0.2, 0.25) is 5.95 Å². The van der Waals surface area contributed by atoms with Crippen LogP contribution in [-0.2, 0) is 0 Å². The highest BCUT2D eigenvalue weighted by Crippen LogP contribution is 2.36. The molecule has 0 fully saturated rings. The van der Waals surface area contributed by atoms with Crippen LogP contribution in [0, 0.1) is 5.82 Å². The van der Waals surface area contributed by atoms with E-state index in [-0.39, 0.29) is 33.2 Å². The van der Waals surface area contributed by atoms with E-state index in [1.807, 2.05) is 42.5 Å². The molecule has 0 spiro atoms. The number of hydrogen-bond acceptors (Lipinski definition) is 8. The highest BCUT2D eigenvalue weighted by molar-refractivity contribution is 6.37. The molecule has 4 rings (SSSR count). The number of rotatable bonds is 12. The zero-order chi connectivity index (χ0) is 28.6. The molecule has 1 heterocycles. The van der Waals surface area contributed by atoms with Gasteiger partial charge in [0.05, 0.1) is 29.0 Å². The van der Waals surface area contributed by atoms with Crippen molar-refractivity contribution in [3.63, 3.8) is 0 Å². The van der Waals surface area contributed by atoms with Gasteiger partial charge in [0.25, 0.3) is 0 Å². The van der Waals surface area contributed by atoms with Crippen LogP contribution >= 0.6 is 23.2 Å². The number of halogens is 3. The second kappa shape index (κ2) is 13.5. The summed E-state index contributed by atoms with van der Waals surface area (Å²) in [6, 6.07) is 16.0. The maximum Gasteiger partial charge on any atom is 0.229 e. The van der Waals surface area contributed by atoms with Gasteiger partial charge in [-0.3, -0.25) is 0 Å². The number of hydrogen-bond donors (Lipinski definition) is 3. The number of anilines is 4. The Kier molecular flexibility index (Phi) is 9.87. The molecule has 210 valence electrons. The van der Waals surface area contributed by atoms with Gasteiger partial charge in [0.1, 0.15) is 23.9 Å². The summed E-state index contributed by atoms with van der Waals surface area (Å²) >= 11 is 12.1. The molecule has 3 N–H and O–H groups in total. The van der Waals surface area contributed by atoms with Crippen LogP contribution in [0.2, 0.25) is 10.0 Å². The summed E-state index contributed by atoms with van der Waals surface area (Å²) in [5, 5.41) is 16.1. The maximum atomic E-state index is 14.5. The first-order chi connectivity index (χ1) is 19.3. The number of phenolic OH excluding ortho intramolecular Hbond substituents is 1. The Balaban J connectivity index is 1.59. The summed E-state index contributed by atoms with van der Waals surface area (Å²) in [6.07, 6.45) is 1.04. The molecule has 0 saturated carbocycles. The number of aromatic hydroxyl groups is 1. The average molecular weight is 586 g/mol. The Bertz CT molecular complexity index is 1450. The highest BCUT2D eigenvalue weighted by Gasteiger charge is 2.14. The number of aromatic nitrogens is 2. The zero-order valence-corrected chi connectivity index (χ0v) is 23.9. The fourth-order valence-electron chi connectivity index (χ4n) is 3.96. The summed E-state index contributed by atoms with van der Waals surface area (Å²) in [7, 11) is 1.63. The van der Waals surface area contributed by atoms with Gasteiger partial charge >= 0.3 is 0 Å². The topological polar surface area (TPSA) is 91.8 Å². The standard InChI is InChI=1S/C29H30Cl2FN5O3/c1-4-37(5-2)12-13-40-27-14-19(8-11-21(27)18-6-9-20(39-3)10-7-18)34-29-33-17-24(32)28(36-29)35-25-16-26(38)23(31)15-22(25)30/h6-11,14-17,38H,4-5,12-13H2,1-3H3,(H2,33,34,35,36). The van der Waals surface area contributed by atoms with Crippen molar-refractivity contribution in [2.24, 2.45) is 0 Å². The Hall–Kier alpha value is -3.79. The Labute approximate surface area is 242 Å². The van der Waals surface area contributed by atoms with E-state index >= 15 is 0 Å². The molecule has 4 aromatic rings. The Morgan fingerprint density at radius 1 is 0.975 bits per heavy atom. The van der Waals surface area contributed by atoms with Crippen LogP contribution in [0.5, 0.6) is 17.2 Å². The van der Waals surface area contributed by atoms with Crippen molar-refractivity contribution in [3.8, 4) is 28.4 Å². The summed E-state index contributed by atoms with van der Waals surface area (Å²) in [4.78, 5) is 10.6. The molecule has 0 unspecified atom stereocenters. The second-order valence-corrected chi connectivity index (χ2v) is 9.55. The molecule has 1 aromatic heterocycles. The molecule has 0 aliphatic heterocycles. The van der Waals surface area contributed by atoms with Crippen molar-refractivity contribution < 1.29 is 19.0 Å². The van der Waals surface area contributed by atoms with Crippen LogP contribution in [0.15, 0.2) is 60.8 Å². The van der Waals surface area contributed by atoms with Crippen LogP contribution in [0.4, 0.5) is 27.5 Å². The van der Waals surface area contributed by atoms with E-state index < -0.39 is 5.82 Å². The first kappa shape index (κ1) is 29.2. The van der Waals surface area contributed by atoms with Crippen LogP contribution in [0.1, 0.15) is 13.8 Å². The number of phenols is 1. The SMILES string of the molecule is CCN(CC)CCOc1cc(Nc2ncc(F)c(Nc3cc(O)c(Cl)cc3Cl)n2)ccc1-c1ccc(OC)cc1. The van der Waals surface area contributed by atoms with Crippen molar-refractivity contribution in [2.45, 2.75) is 13.8 Å². The average Bonchev–Trinajstić information content (AvgIpc) is 2.96. The third-order valence-electron chi connectivity index (χ3n) is 6.23. The van der Waals surface area contributed by atoms with Crippen molar-refractivity contribution >= 4 is 46.3 Å². The number of likely N-dealkylation sites (N-methyl/N-ethyl adjacent to an activating group) is 1. The molecular weight excluding hydrogens is 556 g/mol. The van der Waals surface area contributed by atoms with E-state index in [0.717, 1.165) is 42.7 Å². The van der Waals surface area contributed by atoms with Gasteiger partial charge in [0, 0.05) is 29.9 Å². The van der Waals surface area contributed by atoms with Crippen LogP contribution in [0.25, 0.3) is 11.1 Å². The summed E-state index contributed by atoms with van der Waals surface area (Å²) in [5.41, 5.74) is 2.76. The lowest BCUT2D eigenvalue weighted by Crippen LogP contribution is -2.28. The molecular formula is C29H30Cl2FN5O3. The van der Waals surface area contributed by atoms with E-state index in [2.05, 4.69) is 39.3 Å². The molecule has 0 amide bonds. The molecule has 40 heavy (non-hydrogen) atoms. The normalized spacial score (nSPS) is 11.0. The molecule has 8 nitrogen and oxygen atoms in total. The first-order valence-electron chi connectivity index (χ1n) is 12.7. The molecule has 11 heteroatoms. The van der Waals surface area contributed by atoms with Crippen LogP contribution in [0.3, 0.4) is 0 Å². The number of benzene rings is 3. The smallest absolute Gasteiger partial charge is 0.229 e. The van der Waals surface area contributed by atoms with Gasteiger partial charge in [-0.1, -0.05) is 49.2 Å². The summed E-state index contributed by atoms with van der Waals surface area (Å²) in [5.74, 6) is 0.541. The maximum absolute atomic E-state index is 14.5. The van der Waals surface area contributed by atoms with E-state index in [1.165, 1.54) is 12.1 Å². The predicted octanol–water partition coefficient (Wildman–Crippen LogP) is 7.51. The van der Waals surface area contributed by atoms with Gasteiger partial charge in [-0.25, -0.2) is 9.37 Å².